The molecule has 0 heterocycles. The van der Waals surface area contributed by atoms with E-state index in [1.807, 2.05) is 62.3 Å². The maximum atomic E-state index is 4.54. The second kappa shape index (κ2) is 95.2. The standard InChI is InChI=1S/C16H28.C15H26.2C10H8.2C6H12.C3H8O2.C3H8O.C2H6O.4C2H6.12Ar/c1-3-16(2)14-10-6-4-8-12(14)13-9-5-7-11-15(13)16;1-15(2)13-9-5-3-7-11(13)12-8-4-6-10-14(12)15;2*1-2-6-10-8-4-3-7-9(10)5-1;2*1-2-4-6-5-3-1;1-4-3-5-2;1-3-4-2;1-3-2;4*1-2;;;;;;;;;;;;/h12-15H,3-11H2,1-2H3;11-14H,3-10H2,1-2H3;2*1-8H;2*1-6H2;3H2,1-2H3;3H2,1-2H3;1-2H3;4*1-2H3;;;;;;;;;;;;. The molecule has 0 radical (unpaired) electrons. The van der Waals surface area contributed by atoms with Crippen LogP contribution in [0.25, 0.3) is 21.5 Å². The summed E-state index contributed by atoms with van der Waals surface area (Å²) in [5.74, 6) is 8.86. The van der Waals surface area contributed by atoms with Crippen LogP contribution >= 0.6 is 0 Å². The molecule has 0 spiro atoms. The predicted octanol–water partition coefficient (Wildman–Crippen LogP) is 25.3. The number of hydrogen-bond donors (Lipinski definition) is 0. The van der Waals surface area contributed by atoms with Gasteiger partial charge >= 0.3 is 0 Å². The Morgan fingerprint density at radius 1 is 0.284 bits per heavy atom. The average molecular weight is 1630 g/mol. The van der Waals surface area contributed by atoms with Crippen LogP contribution in [-0.4, -0.2) is 48.9 Å². The molecule has 8 aliphatic carbocycles. The first-order valence-corrected chi connectivity index (χ1v) is 35.4. The monoisotopic (exact) mass is 1630 g/mol. The van der Waals surface area contributed by atoms with Crippen LogP contribution in [0.3, 0.4) is 0 Å². The van der Waals surface area contributed by atoms with Gasteiger partial charge in [-0.3, -0.25) is 0 Å². The summed E-state index contributed by atoms with van der Waals surface area (Å²) in [5, 5.41) is 5.24. The summed E-state index contributed by atoms with van der Waals surface area (Å²) in [6.07, 6.45) is 44.1. The van der Waals surface area contributed by atoms with E-state index in [0.29, 0.717) is 12.2 Å². The third kappa shape index (κ3) is 57.2. The van der Waals surface area contributed by atoms with Crippen LogP contribution < -0.4 is 0 Å². The first kappa shape index (κ1) is 136. The number of hydrogen-bond acceptors (Lipinski definition) is 4. The summed E-state index contributed by atoms with van der Waals surface area (Å²) in [4.78, 5) is 0. The number of fused-ring (bicyclic) bond motifs is 8. The number of benzene rings is 4. The zero-order chi connectivity index (χ0) is 62.0. The maximum absolute atomic E-state index is 4.54. The van der Waals surface area contributed by atoms with E-state index in [9.17, 15) is 0 Å². The molecule has 8 saturated carbocycles. The quantitative estimate of drug-likeness (QED) is 0.191. The van der Waals surface area contributed by atoms with Crippen molar-refractivity contribution in [2.45, 2.75) is 276 Å². The van der Waals surface area contributed by atoms with Gasteiger partial charge in [0.1, 0.15) is 6.79 Å². The molecule has 8 unspecified atom stereocenters. The summed E-state index contributed by atoms with van der Waals surface area (Å²) < 4.78 is 17.7. The normalized spacial score (nSPS) is 22.8. The fraction of sp³-hybridized carbons (Fsp3) is 0.747. The molecule has 0 amide bonds. The molecule has 8 fully saturated rings. The van der Waals surface area contributed by atoms with Crippen molar-refractivity contribution in [2.24, 2.45) is 58.2 Å². The molecular weight excluding hydrogens is 1490 g/mol. The Bertz CT molecular complexity index is 1750. The molecule has 4 aromatic rings. The summed E-state index contributed by atoms with van der Waals surface area (Å²) in [6.45, 7) is 29.5. The van der Waals surface area contributed by atoms with Gasteiger partial charge in [0.2, 0.25) is 0 Å². The predicted molar refractivity (Wildman–Crippen MR) is 372 cm³/mol. The van der Waals surface area contributed by atoms with E-state index in [2.05, 4.69) is 144 Å². The second-order valence-electron chi connectivity index (χ2n) is 24.5. The van der Waals surface area contributed by atoms with Crippen LogP contribution in [0.2, 0.25) is 0 Å². The van der Waals surface area contributed by atoms with Crippen LogP contribution in [0.15, 0.2) is 97.1 Å². The fourth-order valence-corrected chi connectivity index (χ4v) is 15.8. The molecule has 95 heavy (non-hydrogen) atoms. The zero-order valence-corrected chi connectivity index (χ0v) is 71.1. The van der Waals surface area contributed by atoms with Crippen molar-refractivity contribution in [3.05, 3.63) is 97.1 Å². The maximum Gasteiger partial charge on any atom is 0.145 e. The second-order valence-corrected chi connectivity index (χ2v) is 24.5. The largest absolute Gasteiger partial charge is 0.388 e. The van der Waals surface area contributed by atoms with E-state index in [-0.39, 0.29) is 453 Å². The van der Waals surface area contributed by atoms with Crippen molar-refractivity contribution in [1.29, 1.82) is 0 Å². The minimum atomic E-state index is 0. The smallest absolute Gasteiger partial charge is 0.145 e. The van der Waals surface area contributed by atoms with Gasteiger partial charge in [-0.2, -0.15) is 0 Å². The van der Waals surface area contributed by atoms with Crippen LogP contribution in [0, 0.1) is 511 Å². The molecule has 4 aromatic carbocycles. The fourth-order valence-electron chi connectivity index (χ4n) is 15.8. The van der Waals surface area contributed by atoms with Crippen molar-refractivity contribution >= 4 is 21.5 Å². The SMILES string of the molecule is C1CCCCC1.C1CCCCC1.CC.CC.CC.CC.CC1(C)C2CCCCC2C2CCCCC21.CCC1(C)C2CCCCC2C2CCCCC21.CCOC.COC.COCOC.[Ar].[Ar].[Ar].[Ar].[Ar].[Ar].[Ar].[Ar].[Ar].[Ar].[Ar].[Ar].c1ccc2ccccc2c1.c1ccc2ccccc2c1. The Labute approximate surface area is 951 Å². The van der Waals surface area contributed by atoms with Crippen LogP contribution in [0.1, 0.15) is 276 Å². The Morgan fingerprint density at radius 2 is 0.453 bits per heavy atom. The van der Waals surface area contributed by atoms with E-state index >= 15 is 0 Å². The van der Waals surface area contributed by atoms with E-state index < -0.39 is 0 Å². The van der Waals surface area contributed by atoms with E-state index in [1.54, 1.807) is 86.9 Å². The third-order valence-corrected chi connectivity index (χ3v) is 19.6. The average Bonchev–Trinajstić information content (AvgIpc) is 1.60. The molecule has 0 aliphatic heterocycles. The van der Waals surface area contributed by atoms with Crippen LogP contribution in [-0.2, 0) is 18.9 Å². The Morgan fingerprint density at radius 3 is 0.611 bits per heavy atom. The number of ether oxygens (including phenoxy) is 4. The number of rotatable bonds is 4. The van der Waals surface area contributed by atoms with Crippen LogP contribution in [0.5, 0.6) is 0 Å². The van der Waals surface area contributed by atoms with Crippen molar-refractivity contribution in [3.8, 4) is 0 Å². The summed E-state index contributed by atoms with van der Waals surface area (Å²) in [5.41, 5.74) is 1.40. The van der Waals surface area contributed by atoms with Gasteiger partial charge in [0, 0.05) is 495 Å². The minimum absolute atomic E-state index is 0. The van der Waals surface area contributed by atoms with Gasteiger partial charge in [0.05, 0.1) is 0 Å². The van der Waals surface area contributed by atoms with Gasteiger partial charge in [-0.15, -0.1) is 0 Å². The van der Waals surface area contributed by atoms with Crippen LogP contribution in [0.4, 0.5) is 0 Å². The van der Waals surface area contributed by atoms with Gasteiger partial charge in [-0.25, -0.2) is 0 Å². The Hall–Kier alpha value is 12.4. The van der Waals surface area contributed by atoms with Gasteiger partial charge in [-0.1, -0.05) is 315 Å². The molecule has 16 heteroatoms. The van der Waals surface area contributed by atoms with Crippen molar-refractivity contribution < 1.29 is 472 Å². The molecule has 576 valence electrons. The van der Waals surface area contributed by atoms with Crippen molar-refractivity contribution in [1.82, 2.24) is 0 Å². The molecule has 12 rings (SSSR count). The van der Waals surface area contributed by atoms with Crippen molar-refractivity contribution in [2.75, 3.05) is 48.9 Å². The Balaban J connectivity index is -0.0000000728. The minimum Gasteiger partial charge on any atom is -0.388 e. The van der Waals surface area contributed by atoms with E-state index in [0.717, 1.165) is 59.4 Å². The molecule has 0 bridgehead atoms. The molecule has 0 N–H and O–H groups in total. The topological polar surface area (TPSA) is 36.9 Å². The van der Waals surface area contributed by atoms with E-state index in [4.69, 9.17) is 0 Å². The van der Waals surface area contributed by atoms with Gasteiger partial charge in [0.25, 0.3) is 0 Å². The molecule has 8 aliphatic rings. The Kier molecular flexibility index (Phi) is 137. The molecule has 4 nitrogen and oxygen atoms in total. The molecule has 0 aromatic heterocycles. The zero-order valence-electron chi connectivity index (χ0n) is 62.7. The van der Waals surface area contributed by atoms with Gasteiger partial charge in [-0.05, 0) is 138 Å². The molecule has 0 saturated heterocycles. The molecular formula is C79H140Ar12O4. The van der Waals surface area contributed by atoms with E-state index in [1.165, 1.54) is 156 Å². The third-order valence-electron chi connectivity index (χ3n) is 19.6. The van der Waals surface area contributed by atoms with Gasteiger partial charge < -0.3 is 18.9 Å². The number of methoxy groups -OCH3 is 4. The first-order valence-electron chi connectivity index (χ1n) is 35.4. The van der Waals surface area contributed by atoms with Gasteiger partial charge in [0.15, 0.2) is 0 Å². The molecule has 8 atom stereocenters. The first-order chi connectivity index (χ1) is 40.7. The summed E-state index contributed by atoms with van der Waals surface area (Å²) in [6, 6.07) is 33.4. The van der Waals surface area contributed by atoms with Crippen molar-refractivity contribution in [3.63, 3.8) is 0 Å². The summed E-state index contributed by atoms with van der Waals surface area (Å²) in [7, 11) is 8.10. The summed E-state index contributed by atoms with van der Waals surface area (Å²) >= 11 is 0.